The number of carbonyl (C=O) groups is 3. The van der Waals surface area contributed by atoms with Gasteiger partial charge in [-0.3, -0.25) is 14.4 Å². The highest BCUT2D eigenvalue weighted by Crippen LogP contribution is 2.17. The van der Waals surface area contributed by atoms with Crippen LogP contribution in [-0.2, 0) is 28.6 Å². The van der Waals surface area contributed by atoms with Crippen LogP contribution in [0.1, 0.15) is 247 Å². The van der Waals surface area contributed by atoms with E-state index in [1.807, 2.05) is 0 Å². The molecule has 0 N–H and O–H groups in total. The van der Waals surface area contributed by atoms with E-state index in [9.17, 15) is 14.4 Å². The Kier molecular flexibility index (Phi) is 37.9. The number of esters is 3. The Balaban J connectivity index is 4.22. The molecule has 0 bridgehead atoms. The summed E-state index contributed by atoms with van der Waals surface area (Å²) in [6, 6.07) is 0. The lowest BCUT2D eigenvalue weighted by Gasteiger charge is -2.18. The van der Waals surface area contributed by atoms with Crippen molar-refractivity contribution in [2.75, 3.05) is 13.2 Å². The average Bonchev–Trinajstić information content (AvgIpc) is 3.12. The van der Waals surface area contributed by atoms with Gasteiger partial charge in [0.15, 0.2) is 6.10 Å². The van der Waals surface area contributed by atoms with Gasteiger partial charge in [0.2, 0.25) is 0 Å². The molecule has 0 aliphatic heterocycles. The van der Waals surface area contributed by atoms with Gasteiger partial charge in [0.1, 0.15) is 13.2 Å². The Hall–Kier alpha value is -1.59. The SMILES string of the molecule is CCCCCCCCCC(=O)OC[C@H](COC(=O)CCCCCCCCCCCCCCCCC(C)C)OC(=O)CCCCCCCCC(C)CC. The molecule has 6 nitrogen and oxygen atoms in total. The van der Waals surface area contributed by atoms with Gasteiger partial charge in [0.25, 0.3) is 0 Å². The molecule has 0 heterocycles. The summed E-state index contributed by atoms with van der Waals surface area (Å²) in [6.45, 7) is 11.3. The molecule has 0 fully saturated rings. The molecule has 52 heavy (non-hydrogen) atoms. The molecule has 1 unspecified atom stereocenters. The second kappa shape index (κ2) is 39.1. The van der Waals surface area contributed by atoms with Crippen LogP contribution in [0.4, 0.5) is 0 Å². The molecular weight excluding hydrogens is 649 g/mol. The summed E-state index contributed by atoms with van der Waals surface area (Å²) < 4.78 is 16.6. The van der Waals surface area contributed by atoms with Crippen LogP contribution in [-0.4, -0.2) is 37.2 Å². The average molecular weight is 737 g/mol. The Bertz CT molecular complexity index is 796. The van der Waals surface area contributed by atoms with E-state index in [0.29, 0.717) is 19.3 Å². The number of hydrogen-bond acceptors (Lipinski definition) is 6. The second-order valence-corrected chi connectivity index (χ2v) is 16.4. The zero-order valence-electron chi connectivity index (χ0n) is 35.4. The van der Waals surface area contributed by atoms with Crippen molar-refractivity contribution in [1.82, 2.24) is 0 Å². The van der Waals surface area contributed by atoms with Crippen molar-refractivity contribution in [2.45, 2.75) is 253 Å². The van der Waals surface area contributed by atoms with Crippen LogP contribution in [0.15, 0.2) is 0 Å². The normalized spacial score (nSPS) is 12.6. The standard InChI is InChI=1S/C46H88O6/c1-6-8-9-10-19-26-31-36-44(47)50-39-43(52-46(49)38-33-28-23-22-25-30-35-42(5)7-2)40-51-45(48)37-32-27-21-18-16-14-12-11-13-15-17-20-24-29-34-41(3)4/h41-43H,6-40H2,1-5H3/t42?,43-/m1/s1. The maximum Gasteiger partial charge on any atom is 0.306 e. The topological polar surface area (TPSA) is 78.9 Å². The van der Waals surface area contributed by atoms with Crippen molar-refractivity contribution >= 4 is 17.9 Å². The van der Waals surface area contributed by atoms with E-state index in [4.69, 9.17) is 14.2 Å². The Labute approximate surface area is 323 Å². The lowest BCUT2D eigenvalue weighted by atomic mass is 10.00. The quantitative estimate of drug-likeness (QED) is 0.0354. The van der Waals surface area contributed by atoms with Gasteiger partial charge in [0, 0.05) is 19.3 Å². The van der Waals surface area contributed by atoms with E-state index in [0.717, 1.165) is 69.6 Å². The predicted molar refractivity (Wildman–Crippen MR) is 220 cm³/mol. The first-order valence-corrected chi connectivity index (χ1v) is 22.8. The highest BCUT2D eigenvalue weighted by atomic mass is 16.6. The van der Waals surface area contributed by atoms with Gasteiger partial charge in [0.05, 0.1) is 0 Å². The minimum Gasteiger partial charge on any atom is -0.462 e. The molecule has 308 valence electrons. The Morgan fingerprint density at radius 1 is 0.404 bits per heavy atom. The van der Waals surface area contributed by atoms with E-state index in [1.165, 1.54) is 135 Å². The molecule has 0 spiro atoms. The lowest BCUT2D eigenvalue weighted by Crippen LogP contribution is -2.30. The van der Waals surface area contributed by atoms with Gasteiger partial charge in [-0.2, -0.15) is 0 Å². The van der Waals surface area contributed by atoms with Crippen LogP contribution in [0.25, 0.3) is 0 Å². The van der Waals surface area contributed by atoms with Crippen LogP contribution >= 0.6 is 0 Å². The first-order valence-electron chi connectivity index (χ1n) is 22.8. The maximum atomic E-state index is 12.6. The molecule has 0 saturated carbocycles. The smallest absolute Gasteiger partial charge is 0.306 e. The van der Waals surface area contributed by atoms with Crippen LogP contribution in [0.2, 0.25) is 0 Å². The molecule has 0 aliphatic rings. The fraction of sp³-hybridized carbons (Fsp3) is 0.935. The molecule has 0 aromatic heterocycles. The van der Waals surface area contributed by atoms with E-state index < -0.39 is 6.10 Å². The highest BCUT2D eigenvalue weighted by molar-refractivity contribution is 5.71. The largest absolute Gasteiger partial charge is 0.462 e. The van der Waals surface area contributed by atoms with Crippen LogP contribution in [0.3, 0.4) is 0 Å². The third kappa shape index (κ3) is 38.1. The van der Waals surface area contributed by atoms with E-state index in [2.05, 4.69) is 34.6 Å². The van der Waals surface area contributed by atoms with Crippen LogP contribution in [0, 0.1) is 11.8 Å². The van der Waals surface area contributed by atoms with Crippen molar-refractivity contribution < 1.29 is 28.6 Å². The minimum atomic E-state index is -0.760. The summed E-state index contributed by atoms with van der Waals surface area (Å²) in [5.74, 6) is 0.788. The molecule has 0 aliphatic carbocycles. The van der Waals surface area contributed by atoms with Crippen LogP contribution < -0.4 is 0 Å². The van der Waals surface area contributed by atoms with Crippen molar-refractivity contribution in [3.63, 3.8) is 0 Å². The summed E-state index contributed by atoms with van der Waals surface area (Å²) in [6.07, 6.45) is 36.7. The Morgan fingerprint density at radius 3 is 1.10 bits per heavy atom. The summed E-state index contributed by atoms with van der Waals surface area (Å²) in [5, 5.41) is 0. The number of ether oxygens (including phenoxy) is 3. The number of hydrogen-bond donors (Lipinski definition) is 0. The molecule has 0 amide bonds. The number of carbonyl (C=O) groups excluding carboxylic acids is 3. The molecule has 0 saturated heterocycles. The van der Waals surface area contributed by atoms with Crippen molar-refractivity contribution in [3.05, 3.63) is 0 Å². The van der Waals surface area contributed by atoms with Gasteiger partial charge in [-0.25, -0.2) is 0 Å². The van der Waals surface area contributed by atoms with E-state index >= 15 is 0 Å². The summed E-state index contributed by atoms with van der Waals surface area (Å²) in [4.78, 5) is 37.5. The van der Waals surface area contributed by atoms with E-state index in [-0.39, 0.29) is 31.1 Å². The van der Waals surface area contributed by atoms with Crippen molar-refractivity contribution in [3.8, 4) is 0 Å². The van der Waals surface area contributed by atoms with Gasteiger partial charge in [-0.15, -0.1) is 0 Å². The first-order chi connectivity index (χ1) is 25.3. The summed E-state index contributed by atoms with van der Waals surface area (Å²) >= 11 is 0. The zero-order valence-corrected chi connectivity index (χ0v) is 35.4. The van der Waals surface area contributed by atoms with Gasteiger partial charge in [-0.05, 0) is 31.1 Å². The zero-order chi connectivity index (χ0) is 38.3. The number of rotatable bonds is 40. The molecule has 0 rings (SSSR count). The van der Waals surface area contributed by atoms with E-state index in [1.54, 1.807) is 0 Å². The van der Waals surface area contributed by atoms with Crippen molar-refractivity contribution in [2.24, 2.45) is 11.8 Å². The lowest BCUT2D eigenvalue weighted by molar-refractivity contribution is -0.167. The molecule has 0 aromatic rings. The van der Waals surface area contributed by atoms with Gasteiger partial charge < -0.3 is 14.2 Å². The Morgan fingerprint density at radius 2 is 0.731 bits per heavy atom. The van der Waals surface area contributed by atoms with Gasteiger partial charge in [-0.1, -0.05) is 208 Å². The number of unbranched alkanes of at least 4 members (excludes halogenated alkanes) is 24. The fourth-order valence-electron chi connectivity index (χ4n) is 6.72. The fourth-order valence-corrected chi connectivity index (χ4v) is 6.72. The highest BCUT2D eigenvalue weighted by Gasteiger charge is 2.19. The van der Waals surface area contributed by atoms with Gasteiger partial charge >= 0.3 is 17.9 Å². The second-order valence-electron chi connectivity index (χ2n) is 16.4. The first kappa shape index (κ1) is 50.4. The minimum absolute atomic E-state index is 0.0659. The molecule has 0 radical (unpaired) electrons. The van der Waals surface area contributed by atoms with Crippen molar-refractivity contribution in [1.29, 1.82) is 0 Å². The summed E-state index contributed by atoms with van der Waals surface area (Å²) in [5.41, 5.74) is 0. The monoisotopic (exact) mass is 737 g/mol. The predicted octanol–water partition coefficient (Wildman–Crippen LogP) is 14.2. The third-order valence-electron chi connectivity index (χ3n) is 10.6. The molecule has 6 heteroatoms. The maximum absolute atomic E-state index is 12.6. The summed E-state index contributed by atoms with van der Waals surface area (Å²) in [7, 11) is 0. The molecule has 0 aromatic carbocycles. The van der Waals surface area contributed by atoms with Crippen LogP contribution in [0.5, 0.6) is 0 Å². The third-order valence-corrected chi connectivity index (χ3v) is 10.6. The molecule has 2 atom stereocenters. The molecular formula is C46H88O6.